The normalized spacial score (nSPS) is 12.6. The summed E-state index contributed by atoms with van der Waals surface area (Å²) < 4.78 is 0. The van der Waals surface area contributed by atoms with Crippen LogP contribution in [0, 0.1) is 33.6 Å². The Bertz CT molecular complexity index is 468. The minimum atomic E-state index is 0.120. The molecule has 0 fully saturated rings. The van der Waals surface area contributed by atoms with E-state index < -0.39 is 0 Å². The van der Waals surface area contributed by atoms with Gasteiger partial charge >= 0.3 is 0 Å². The third kappa shape index (κ3) is 4.27. The SMILES string of the molecule is Cc1cc(C)c(C)c(SCC(=O)N[C@H](C)C(C)C)c1C. The van der Waals surface area contributed by atoms with Gasteiger partial charge in [-0.25, -0.2) is 0 Å². The molecule has 1 rings (SSSR count). The second-order valence-electron chi connectivity index (χ2n) is 5.98. The fraction of sp³-hybridized carbons (Fsp3) is 0.588. The Hall–Kier alpha value is -0.960. The van der Waals surface area contributed by atoms with Crippen LogP contribution in [0.15, 0.2) is 11.0 Å². The van der Waals surface area contributed by atoms with Gasteiger partial charge in [-0.2, -0.15) is 0 Å². The van der Waals surface area contributed by atoms with E-state index in [1.165, 1.54) is 27.1 Å². The van der Waals surface area contributed by atoms with E-state index in [0.717, 1.165) is 0 Å². The first-order valence-corrected chi connectivity index (χ1v) is 8.22. The number of amides is 1. The highest BCUT2D eigenvalue weighted by Gasteiger charge is 2.13. The van der Waals surface area contributed by atoms with E-state index in [1.807, 2.05) is 0 Å². The van der Waals surface area contributed by atoms with Crippen LogP contribution in [0.25, 0.3) is 0 Å². The van der Waals surface area contributed by atoms with Crippen LogP contribution in [0.5, 0.6) is 0 Å². The molecule has 20 heavy (non-hydrogen) atoms. The third-order valence-electron chi connectivity index (χ3n) is 4.03. The molecule has 1 N–H and O–H groups in total. The van der Waals surface area contributed by atoms with Crippen molar-refractivity contribution in [3.63, 3.8) is 0 Å². The second kappa shape index (κ2) is 7.16. The molecule has 1 aromatic rings. The summed E-state index contributed by atoms with van der Waals surface area (Å²) in [4.78, 5) is 13.3. The van der Waals surface area contributed by atoms with Crippen LogP contribution in [0.4, 0.5) is 0 Å². The van der Waals surface area contributed by atoms with Crippen LogP contribution in [-0.4, -0.2) is 17.7 Å². The predicted molar refractivity (Wildman–Crippen MR) is 88.6 cm³/mol. The largest absolute Gasteiger partial charge is 0.353 e. The van der Waals surface area contributed by atoms with E-state index in [1.54, 1.807) is 11.8 Å². The summed E-state index contributed by atoms with van der Waals surface area (Å²) in [6.07, 6.45) is 0. The van der Waals surface area contributed by atoms with Crippen molar-refractivity contribution >= 4 is 17.7 Å². The molecule has 3 heteroatoms. The molecule has 1 amide bonds. The van der Waals surface area contributed by atoms with Gasteiger partial charge in [0.25, 0.3) is 0 Å². The number of benzene rings is 1. The molecule has 0 spiro atoms. The van der Waals surface area contributed by atoms with Gasteiger partial charge in [0, 0.05) is 10.9 Å². The van der Waals surface area contributed by atoms with Gasteiger partial charge in [-0.3, -0.25) is 4.79 Å². The lowest BCUT2D eigenvalue weighted by atomic mass is 10.0. The number of hydrogen-bond acceptors (Lipinski definition) is 2. The highest BCUT2D eigenvalue weighted by Crippen LogP contribution is 2.30. The van der Waals surface area contributed by atoms with E-state index in [0.29, 0.717) is 11.7 Å². The second-order valence-corrected chi connectivity index (χ2v) is 6.96. The first kappa shape index (κ1) is 17.1. The average Bonchev–Trinajstić information content (AvgIpc) is 2.36. The monoisotopic (exact) mass is 293 g/mol. The van der Waals surface area contributed by atoms with Crippen LogP contribution in [0.1, 0.15) is 43.0 Å². The summed E-state index contributed by atoms with van der Waals surface area (Å²) >= 11 is 1.65. The number of hydrogen-bond donors (Lipinski definition) is 1. The molecule has 1 aromatic carbocycles. The minimum Gasteiger partial charge on any atom is -0.353 e. The maximum Gasteiger partial charge on any atom is 0.230 e. The average molecular weight is 293 g/mol. The maximum atomic E-state index is 12.0. The highest BCUT2D eigenvalue weighted by atomic mass is 32.2. The summed E-state index contributed by atoms with van der Waals surface area (Å²) in [6.45, 7) is 14.8. The van der Waals surface area contributed by atoms with Crippen LogP contribution in [0.2, 0.25) is 0 Å². The van der Waals surface area contributed by atoms with Crippen molar-refractivity contribution in [1.29, 1.82) is 0 Å². The fourth-order valence-corrected chi connectivity index (χ4v) is 3.11. The molecule has 0 unspecified atom stereocenters. The van der Waals surface area contributed by atoms with Crippen LogP contribution in [0.3, 0.4) is 0 Å². The molecular weight excluding hydrogens is 266 g/mol. The highest BCUT2D eigenvalue weighted by molar-refractivity contribution is 8.00. The lowest BCUT2D eigenvalue weighted by Gasteiger charge is -2.18. The van der Waals surface area contributed by atoms with E-state index in [-0.39, 0.29) is 11.9 Å². The molecule has 0 bridgehead atoms. The number of rotatable bonds is 5. The Balaban J connectivity index is 2.74. The molecule has 0 aliphatic carbocycles. The Morgan fingerprint density at radius 3 is 2.05 bits per heavy atom. The molecule has 0 radical (unpaired) electrons. The molecular formula is C17H27NOS. The van der Waals surface area contributed by atoms with Gasteiger partial charge in [0.2, 0.25) is 5.91 Å². The standard InChI is InChI=1S/C17H27NOS/c1-10(2)15(7)18-16(19)9-20-17-13(5)11(3)8-12(4)14(17)6/h8,10,15H,9H2,1-7H3,(H,18,19)/t15-/m1/s1. The van der Waals surface area contributed by atoms with Crippen LogP contribution in [-0.2, 0) is 4.79 Å². The van der Waals surface area contributed by atoms with Crippen molar-refractivity contribution in [1.82, 2.24) is 5.32 Å². The predicted octanol–water partition coefficient (Wildman–Crippen LogP) is 4.17. The first-order chi connectivity index (χ1) is 9.23. The number of nitrogens with one attached hydrogen (secondary N) is 1. The fourth-order valence-electron chi connectivity index (χ4n) is 2.00. The van der Waals surface area contributed by atoms with Crippen LogP contribution < -0.4 is 5.32 Å². The van der Waals surface area contributed by atoms with Gasteiger partial charge in [0.05, 0.1) is 5.75 Å². The summed E-state index contributed by atoms with van der Waals surface area (Å²) in [6, 6.07) is 2.44. The van der Waals surface area contributed by atoms with Crippen molar-refractivity contribution < 1.29 is 4.79 Å². The van der Waals surface area contributed by atoms with E-state index in [9.17, 15) is 4.79 Å². The Labute approximate surface area is 127 Å². The molecule has 0 aromatic heterocycles. The minimum absolute atomic E-state index is 0.120. The Morgan fingerprint density at radius 2 is 1.60 bits per heavy atom. The van der Waals surface area contributed by atoms with E-state index in [4.69, 9.17) is 0 Å². The van der Waals surface area contributed by atoms with Gasteiger partial charge in [-0.1, -0.05) is 19.9 Å². The van der Waals surface area contributed by atoms with Gasteiger partial charge < -0.3 is 5.32 Å². The Morgan fingerprint density at radius 1 is 1.10 bits per heavy atom. The van der Waals surface area contributed by atoms with E-state index >= 15 is 0 Å². The summed E-state index contributed by atoms with van der Waals surface area (Å²) in [5.74, 6) is 1.07. The van der Waals surface area contributed by atoms with Gasteiger partial charge in [0.15, 0.2) is 0 Å². The summed E-state index contributed by atoms with van der Waals surface area (Å²) in [5.41, 5.74) is 5.18. The number of carbonyl (C=O) groups is 1. The van der Waals surface area contributed by atoms with Gasteiger partial charge in [-0.05, 0) is 62.8 Å². The summed E-state index contributed by atoms with van der Waals surface area (Å²) in [5, 5.41) is 3.06. The zero-order valence-corrected chi connectivity index (χ0v) is 14.6. The van der Waals surface area contributed by atoms with Gasteiger partial charge in [0.1, 0.15) is 0 Å². The summed E-state index contributed by atoms with van der Waals surface area (Å²) in [7, 11) is 0. The molecule has 1 atom stereocenters. The molecule has 0 saturated carbocycles. The molecule has 0 saturated heterocycles. The van der Waals surface area contributed by atoms with Crippen LogP contribution >= 0.6 is 11.8 Å². The third-order valence-corrected chi connectivity index (χ3v) is 5.34. The van der Waals surface area contributed by atoms with E-state index in [2.05, 4.69) is 59.8 Å². The van der Waals surface area contributed by atoms with Crippen molar-refractivity contribution in [3.05, 3.63) is 28.3 Å². The number of carbonyl (C=O) groups excluding carboxylic acids is 1. The number of thioether (sulfide) groups is 1. The molecule has 2 nitrogen and oxygen atoms in total. The zero-order chi connectivity index (χ0) is 15.4. The van der Waals surface area contributed by atoms with Crippen molar-refractivity contribution in [2.75, 3.05) is 5.75 Å². The van der Waals surface area contributed by atoms with Crippen molar-refractivity contribution in [2.24, 2.45) is 5.92 Å². The quantitative estimate of drug-likeness (QED) is 0.825. The van der Waals surface area contributed by atoms with Gasteiger partial charge in [-0.15, -0.1) is 11.8 Å². The smallest absolute Gasteiger partial charge is 0.230 e. The molecule has 0 aliphatic heterocycles. The molecule has 0 heterocycles. The Kier molecular flexibility index (Phi) is 6.12. The maximum absolute atomic E-state index is 12.0. The lowest BCUT2D eigenvalue weighted by Crippen LogP contribution is -2.37. The zero-order valence-electron chi connectivity index (χ0n) is 13.8. The topological polar surface area (TPSA) is 29.1 Å². The lowest BCUT2D eigenvalue weighted by molar-refractivity contribution is -0.119. The van der Waals surface area contributed by atoms with Crippen molar-refractivity contribution in [2.45, 2.75) is 59.4 Å². The number of aryl methyl sites for hydroxylation is 2. The molecule has 112 valence electrons. The van der Waals surface area contributed by atoms with Crippen molar-refractivity contribution in [3.8, 4) is 0 Å². The first-order valence-electron chi connectivity index (χ1n) is 7.23. The molecule has 0 aliphatic rings.